The van der Waals surface area contributed by atoms with Crippen LogP contribution in [0.4, 0.5) is 5.69 Å². The van der Waals surface area contributed by atoms with Gasteiger partial charge in [-0.2, -0.15) is 0 Å². The monoisotopic (exact) mass is 461 g/mol. The second-order valence-corrected chi connectivity index (χ2v) is 8.43. The van der Waals surface area contributed by atoms with E-state index in [4.69, 9.17) is 21.3 Å². The lowest BCUT2D eigenvalue weighted by molar-refractivity contribution is -0.115. The van der Waals surface area contributed by atoms with Gasteiger partial charge in [0.25, 0.3) is 0 Å². The van der Waals surface area contributed by atoms with Gasteiger partial charge in [0.05, 0.1) is 29.6 Å². The SMILES string of the molecule is CCCn1c(CCc2ccccc2NC(=O)Cc2ccc(OC)c(Cl)c2)nc2ccccc21. The van der Waals surface area contributed by atoms with Crippen molar-refractivity contribution in [1.82, 2.24) is 9.55 Å². The Morgan fingerprint density at radius 1 is 1.06 bits per heavy atom. The second kappa shape index (κ2) is 10.5. The van der Waals surface area contributed by atoms with E-state index in [1.807, 2.05) is 30.3 Å². The van der Waals surface area contributed by atoms with Gasteiger partial charge >= 0.3 is 0 Å². The molecule has 0 unspecified atom stereocenters. The molecule has 1 heterocycles. The Balaban J connectivity index is 1.47. The molecular formula is C27H28ClN3O2. The summed E-state index contributed by atoms with van der Waals surface area (Å²) < 4.78 is 7.49. The molecule has 0 saturated carbocycles. The standard InChI is InChI=1S/C27H28ClN3O2/c1-3-16-31-24-11-7-6-10-23(24)29-26(31)15-13-20-8-4-5-9-22(20)30-27(32)18-19-12-14-25(33-2)21(28)17-19/h4-12,14,17H,3,13,15-16,18H2,1-2H3,(H,30,32). The van der Waals surface area contributed by atoms with E-state index >= 15 is 0 Å². The summed E-state index contributed by atoms with van der Waals surface area (Å²) in [6.07, 6.45) is 2.88. The highest BCUT2D eigenvalue weighted by molar-refractivity contribution is 6.32. The van der Waals surface area contributed by atoms with Gasteiger partial charge in [0.2, 0.25) is 5.91 Å². The summed E-state index contributed by atoms with van der Waals surface area (Å²) in [7, 11) is 1.57. The summed E-state index contributed by atoms with van der Waals surface area (Å²) in [5, 5.41) is 3.57. The number of halogens is 1. The molecule has 6 heteroatoms. The minimum Gasteiger partial charge on any atom is -0.495 e. The normalized spacial score (nSPS) is 11.0. The third-order valence-corrected chi connectivity index (χ3v) is 5.97. The zero-order valence-corrected chi connectivity index (χ0v) is 19.7. The summed E-state index contributed by atoms with van der Waals surface area (Å²) in [5.74, 6) is 1.59. The number of hydrogen-bond acceptors (Lipinski definition) is 3. The first-order valence-electron chi connectivity index (χ1n) is 11.2. The molecule has 0 bridgehead atoms. The number of aryl methyl sites for hydroxylation is 3. The summed E-state index contributed by atoms with van der Waals surface area (Å²) in [6, 6.07) is 21.6. The van der Waals surface area contributed by atoms with Gasteiger partial charge < -0.3 is 14.6 Å². The summed E-state index contributed by atoms with van der Waals surface area (Å²) >= 11 is 6.20. The molecule has 170 valence electrons. The lowest BCUT2D eigenvalue weighted by Gasteiger charge is -2.12. The molecule has 0 radical (unpaired) electrons. The van der Waals surface area contributed by atoms with Crippen molar-refractivity contribution in [3.8, 4) is 5.75 Å². The Hall–Kier alpha value is -3.31. The number of rotatable bonds is 9. The third-order valence-electron chi connectivity index (χ3n) is 5.67. The second-order valence-electron chi connectivity index (χ2n) is 8.02. The van der Waals surface area contributed by atoms with Crippen LogP contribution in [0.5, 0.6) is 5.75 Å². The van der Waals surface area contributed by atoms with E-state index in [1.165, 1.54) is 5.52 Å². The molecule has 4 aromatic rings. The van der Waals surface area contributed by atoms with E-state index in [-0.39, 0.29) is 12.3 Å². The molecule has 1 amide bonds. The van der Waals surface area contributed by atoms with E-state index in [0.29, 0.717) is 10.8 Å². The number of fused-ring (bicyclic) bond motifs is 1. The average molecular weight is 462 g/mol. The average Bonchev–Trinajstić information content (AvgIpc) is 3.16. The number of para-hydroxylation sites is 3. The van der Waals surface area contributed by atoms with Crippen molar-refractivity contribution in [2.75, 3.05) is 12.4 Å². The minimum absolute atomic E-state index is 0.0816. The van der Waals surface area contributed by atoms with Crippen LogP contribution in [0.15, 0.2) is 66.7 Å². The zero-order valence-electron chi connectivity index (χ0n) is 19.0. The van der Waals surface area contributed by atoms with Gasteiger partial charge in [0.1, 0.15) is 11.6 Å². The number of carbonyl (C=O) groups excluding carboxylic acids is 1. The number of ether oxygens (including phenoxy) is 1. The molecule has 5 nitrogen and oxygen atoms in total. The maximum absolute atomic E-state index is 12.7. The highest BCUT2D eigenvalue weighted by atomic mass is 35.5. The van der Waals surface area contributed by atoms with Gasteiger partial charge in [-0.1, -0.05) is 54.9 Å². The predicted octanol–water partition coefficient (Wildman–Crippen LogP) is 6.07. The predicted molar refractivity (Wildman–Crippen MR) is 134 cm³/mol. The molecule has 0 aliphatic carbocycles. The number of amides is 1. The molecule has 3 aromatic carbocycles. The largest absolute Gasteiger partial charge is 0.495 e. The smallest absolute Gasteiger partial charge is 0.228 e. The summed E-state index contributed by atoms with van der Waals surface area (Å²) in [5.41, 5.74) is 4.97. The van der Waals surface area contributed by atoms with Crippen LogP contribution < -0.4 is 10.1 Å². The number of nitrogens with one attached hydrogen (secondary N) is 1. The first-order chi connectivity index (χ1) is 16.1. The third kappa shape index (κ3) is 5.37. The van der Waals surface area contributed by atoms with Gasteiger partial charge in [-0.05, 0) is 54.3 Å². The zero-order chi connectivity index (χ0) is 23.2. The Morgan fingerprint density at radius 2 is 1.85 bits per heavy atom. The number of imidazole rings is 1. The molecule has 1 N–H and O–H groups in total. The Morgan fingerprint density at radius 3 is 2.64 bits per heavy atom. The molecule has 4 rings (SSSR count). The number of hydrogen-bond donors (Lipinski definition) is 1. The van der Waals surface area contributed by atoms with Crippen LogP contribution >= 0.6 is 11.6 Å². The van der Waals surface area contributed by atoms with Crippen LogP contribution in [0.25, 0.3) is 11.0 Å². The number of nitrogens with zero attached hydrogens (tertiary/aromatic N) is 2. The van der Waals surface area contributed by atoms with Crippen LogP contribution in [0, 0.1) is 0 Å². The van der Waals surface area contributed by atoms with Gasteiger partial charge in [-0.3, -0.25) is 4.79 Å². The molecule has 0 fully saturated rings. The lowest BCUT2D eigenvalue weighted by Crippen LogP contribution is -2.16. The van der Waals surface area contributed by atoms with E-state index in [2.05, 4.69) is 41.1 Å². The Kier molecular flexibility index (Phi) is 7.30. The molecular weight excluding hydrogens is 434 g/mol. The fourth-order valence-electron chi connectivity index (χ4n) is 4.10. The number of methoxy groups -OCH3 is 1. The van der Waals surface area contributed by atoms with Crippen molar-refractivity contribution in [2.24, 2.45) is 0 Å². The fourth-order valence-corrected chi connectivity index (χ4v) is 4.38. The van der Waals surface area contributed by atoms with Crippen LogP contribution in [0.3, 0.4) is 0 Å². The van der Waals surface area contributed by atoms with Crippen molar-refractivity contribution in [2.45, 2.75) is 39.2 Å². The van der Waals surface area contributed by atoms with Crippen LogP contribution in [0.1, 0.15) is 30.3 Å². The number of anilines is 1. The first-order valence-corrected chi connectivity index (χ1v) is 11.6. The van der Waals surface area contributed by atoms with Gasteiger partial charge in [0.15, 0.2) is 0 Å². The van der Waals surface area contributed by atoms with E-state index in [1.54, 1.807) is 19.2 Å². The number of carbonyl (C=O) groups is 1. The molecule has 0 spiro atoms. The topological polar surface area (TPSA) is 56.2 Å². The van der Waals surface area contributed by atoms with Crippen molar-refractivity contribution >= 4 is 34.2 Å². The molecule has 0 aliphatic rings. The molecule has 1 aromatic heterocycles. The van der Waals surface area contributed by atoms with E-state index in [0.717, 1.165) is 54.0 Å². The minimum atomic E-state index is -0.0816. The Bertz CT molecular complexity index is 1270. The summed E-state index contributed by atoms with van der Waals surface area (Å²) in [4.78, 5) is 17.6. The first kappa shape index (κ1) is 22.9. The summed E-state index contributed by atoms with van der Waals surface area (Å²) in [6.45, 7) is 3.12. The molecule has 0 saturated heterocycles. The molecule has 0 aliphatic heterocycles. The highest BCUT2D eigenvalue weighted by Gasteiger charge is 2.13. The molecule has 0 atom stereocenters. The highest BCUT2D eigenvalue weighted by Crippen LogP contribution is 2.26. The van der Waals surface area contributed by atoms with Crippen molar-refractivity contribution in [3.05, 3.63) is 88.7 Å². The van der Waals surface area contributed by atoms with Crippen LogP contribution in [-0.4, -0.2) is 22.6 Å². The van der Waals surface area contributed by atoms with E-state index < -0.39 is 0 Å². The lowest BCUT2D eigenvalue weighted by atomic mass is 10.1. The van der Waals surface area contributed by atoms with E-state index in [9.17, 15) is 4.79 Å². The van der Waals surface area contributed by atoms with Crippen LogP contribution in [-0.2, 0) is 30.6 Å². The van der Waals surface area contributed by atoms with Crippen molar-refractivity contribution < 1.29 is 9.53 Å². The van der Waals surface area contributed by atoms with Crippen LogP contribution in [0.2, 0.25) is 5.02 Å². The maximum atomic E-state index is 12.7. The van der Waals surface area contributed by atoms with Crippen molar-refractivity contribution in [3.63, 3.8) is 0 Å². The maximum Gasteiger partial charge on any atom is 0.228 e. The van der Waals surface area contributed by atoms with Gasteiger partial charge in [0, 0.05) is 18.7 Å². The fraction of sp³-hybridized carbons (Fsp3) is 0.259. The van der Waals surface area contributed by atoms with Gasteiger partial charge in [-0.25, -0.2) is 4.98 Å². The number of aromatic nitrogens is 2. The Labute approximate surface area is 199 Å². The van der Waals surface area contributed by atoms with Crippen molar-refractivity contribution in [1.29, 1.82) is 0 Å². The molecule has 33 heavy (non-hydrogen) atoms. The quantitative estimate of drug-likeness (QED) is 0.329. The van der Waals surface area contributed by atoms with Gasteiger partial charge in [-0.15, -0.1) is 0 Å². The number of benzene rings is 3.